The van der Waals surface area contributed by atoms with Gasteiger partial charge >= 0.3 is 12.0 Å². The lowest BCUT2D eigenvalue weighted by Crippen LogP contribution is -2.45. The van der Waals surface area contributed by atoms with Crippen LogP contribution in [-0.2, 0) is 9.59 Å². The van der Waals surface area contributed by atoms with Crippen LogP contribution in [0.1, 0.15) is 39.0 Å². The number of carboxylic acid groups (broad SMARTS) is 1. The number of carboxylic acids is 1. The van der Waals surface area contributed by atoms with Crippen molar-refractivity contribution >= 4 is 17.9 Å². The third-order valence-corrected chi connectivity index (χ3v) is 5.62. The van der Waals surface area contributed by atoms with E-state index in [2.05, 4.69) is 12.2 Å². The van der Waals surface area contributed by atoms with Gasteiger partial charge in [0.1, 0.15) is 5.41 Å². The molecule has 1 aliphatic carbocycles. The quantitative estimate of drug-likeness (QED) is 0.711. The monoisotopic (exact) mass is 337 g/mol. The zero-order valence-corrected chi connectivity index (χ0v) is 14.3. The van der Waals surface area contributed by atoms with Gasteiger partial charge in [0.05, 0.1) is 0 Å². The van der Waals surface area contributed by atoms with Crippen molar-refractivity contribution in [2.24, 2.45) is 17.3 Å². The van der Waals surface area contributed by atoms with Gasteiger partial charge < -0.3 is 20.2 Å². The van der Waals surface area contributed by atoms with Crippen LogP contribution in [0.2, 0.25) is 0 Å². The molecule has 0 radical (unpaired) electrons. The minimum Gasteiger partial charge on any atom is -0.481 e. The van der Waals surface area contributed by atoms with E-state index in [1.54, 1.807) is 9.80 Å². The molecule has 24 heavy (non-hydrogen) atoms. The van der Waals surface area contributed by atoms with Crippen molar-refractivity contribution in [3.63, 3.8) is 0 Å². The first kappa shape index (κ1) is 17.0. The first-order valence-corrected chi connectivity index (χ1v) is 9.03. The Kier molecular flexibility index (Phi) is 4.69. The summed E-state index contributed by atoms with van der Waals surface area (Å²) in [6.07, 6.45) is 4.95. The molecular formula is C17H27N3O4. The maximum Gasteiger partial charge on any atom is 0.317 e. The van der Waals surface area contributed by atoms with Gasteiger partial charge in [0, 0.05) is 44.6 Å². The van der Waals surface area contributed by atoms with Crippen molar-refractivity contribution in [1.29, 1.82) is 0 Å². The molecule has 134 valence electrons. The van der Waals surface area contributed by atoms with Crippen LogP contribution < -0.4 is 5.32 Å². The smallest absolute Gasteiger partial charge is 0.317 e. The molecule has 2 N–H and O–H groups in total. The predicted octanol–water partition coefficient (Wildman–Crippen LogP) is 1.14. The molecule has 0 spiro atoms. The van der Waals surface area contributed by atoms with Crippen LogP contribution in [0, 0.1) is 17.3 Å². The molecule has 2 aliphatic heterocycles. The summed E-state index contributed by atoms with van der Waals surface area (Å²) in [7, 11) is 0. The zero-order chi connectivity index (χ0) is 17.3. The zero-order valence-electron chi connectivity index (χ0n) is 14.3. The Morgan fingerprint density at radius 3 is 2.38 bits per heavy atom. The molecule has 2 heterocycles. The topological polar surface area (TPSA) is 90.0 Å². The minimum absolute atomic E-state index is 0.0978. The molecule has 0 unspecified atom stereocenters. The maximum atomic E-state index is 12.3. The van der Waals surface area contributed by atoms with Gasteiger partial charge in [-0.05, 0) is 19.3 Å². The molecule has 1 saturated carbocycles. The standard InChI is InChI=1S/C17H27N3O4/c1-2-3-4-7-18-16(24)20-9-13-8-19(14(21)12-5-6-12)10-17(13,11-20)15(22)23/h12-13H,2-11H2,1H3,(H,18,24)(H,22,23)/t13-,17-/m1/s1. The molecule has 3 aliphatic rings. The second kappa shape index (κ2) is 6.61. The van der Waals surface area contributed by atoms with Crippen molar-refractivity contribution in [3.8, 4) is 0 Å². The summed E-state index contributed by atoms with van der Waals surface area (Å²) in [5, 5.41) is 12.7. The summed E-state index contributed by atoms with van der Waals surface area (Å²) < 4.78 is 0. The maximum absolute atomic E-state index is 12.3. The van der Waals surface area contributed by atoms with E-state index in [1.165, 1.54) is 0 Å². The summed E-state index contributed by atoms with van der Waals surface area (Å²) >= 11 is 0. The molecule has 7 heteroatoms. The number of aliphatic carboxylic acids is 1. The van der Waals surface area contributed by atoms with Gasteiger partial charge in [-0.3, -0.25) is 9.59 Å². The van der Waals surface area contributed by atoms with Crippen molar-refractivity contribution in [3.05, 3.63) is 0 Å². The number of urea groups is 1. The van der Waals surface area contributed by atoms with Crippen molar-refractivity contribution < 1.29 is 19.5 Å². The molecule has 7 nitrogen and oxygen atoms in total. The molecule has 2 saturated heterocycles. The van der Waals surface area contributed by atoms with E-state index < -0.39 is 11.4 Å². The van der Waals surface area contributed by atoms with E-state index in [1.807, 2.05) is 0 Å². The summed E-state index contributed by atoms with van der Waals surface area (Å²) in [5.74, 6) is -0.854. The number of amides is 3. The van der Waals surface area contributed by atoms with Crippen LogP contribution in [0.4, 0.5) is 4.79 Å². The normalized spacial score (nSPS) is 28.8. The number of likely N-dealkylation sites (tertiary alicyclic amines) is 2. The fraction of sp³-hybridized carbons (Fsp3) is 0.824. The van der Waals surface area contributed by atoms with Gasteiger partial charge in [0.2, 0.25) is 5.91 Å². The highest BCUT2D eigenvalue weighted by atomic mass is 16.4. The van der Waals surface area contributed by atoms with Gasteiger partial charge in [-0.15, -0.1) is 0 Å². The summed E-state index contributed by atoms with van der Waals surface area (Å²) in [6, 6.07) is -0.179. The first-order valence-electron chi connectivity index (χ1n) is 9.03. The average Bonchev–Trinajstić information content (AvgIpc) is 3.22. The third-order valence-electron chi connectivity index (χ3n) is 5.62. The fourth-order valence-corrected chi connectivity index (χ4v) is 3.96. The molecule has 3 amide bonds. The van der Waals surface area contributed by atoms with E-state index >= 15 is 0 Å². The Labute approximate surface area is 142 Å². The Balaban J connectivity index is 1.60. The third kappa shape index (κ3) is 3.08. The van der Waals surface area contributed by atoms with Crippen LogP contribution in [-0.4, -0.2) is 65.5 Å². The van der Waals surface area contributed by atoms with E-state index in [9.17, 15) is 19.5 Å². The molecule has 0 bridgehead atoms. The van der Waals surface area contributed by atoms with Gasteiger partial charge in [0.15, 0.2) is 0 Å². The molecule has 3 fully saturated rings. The Hall–Kier alpha value is -1.79. The highest BCUT2D eigenvalue weighted by molar-refractivity contribution is 5.85. The Morgan fingerprint density at radius 2 is 1.79 bits per heavy atom. The van der Waals surface area contributed by atoms with Gasteiger partial charge in [-0.2, -0.15) is 0 Å². The summed E-state index contributed by atoms with van der Waals surface area (Å²) in [5.41, 5.74) is -0.995. The lowest BCUT2D eigenvalue weighted by molar-refractivity contribution is -0.149. The van der Waals surface area contributed by atoms with Crippen molar-refractivity contribution in [2.45, 2.75) is 39.0 Å². The van der Waals surface area contributed by atoms with Crippen LogP contribution in [0.15, 0.2) is 0 Å². The van der Waals surface area contributed by atoms with Crippen molar-refractivity contribution in [1.82, 2.24) is 15.1 Å². The number of rotatable bonds is 6. The molecule has 0 aromatic carbocycles. The van der Waals surface area contributed by atoms with Crippen LogP contribution >= 0.6 is 0 Å². The molecule has 0 aromatic heterocycles. The summed E-state index contributed by atoms with van der Waals surface area (Å²) in [4.78, 5) is 39.8. The Morgan fingerprint density at radius 1 is 1.12 bits per heavy atom. The number of unbranched alkanes of at least 4 members (excludes halogenated alkanes) is 2. The van der Waals surface area contributed by atoms with E-state index in [0.29, 0.717) is 19.6 Å². The number of fused-ring (bicyclic) bond motifs is 1. The molecule has 2 atom stereocenters. The summed E-state index contributed by atoms with van der Waals surface area (Å²) in [6.45, 7) is 4.04. The van der Waals surface area contributed by atoms with E-state index in [4.69, 9.17) is 0 Å². The largest absolute Gasteiger partial charge is 0.481 e. The number of hydrogen-bond acceptors (Lipinski definition) is 3. The van der Waals surface area contributed by atoms with Gasteiger partial charge in [-0.25, -0.2) is 4.79 Å². The van der Waals surface area contributed by atoms with Gasteiger partial charge in [0.25, 0.3) is 0 Å². The van der Waals surface area contributed by atoms with E-state index in [-0.39, 0.29) is 36.9 Å². The predicted molar refractivity (Wildman–Crippen MR) is 87.4 cm³/mol. The fourth-order valence-electron chi connectivity index (χ4n) is 3.96. The number of hydrogen-bond donors (Lipinski definition) is 2. The average molecular weight is 337 g/mol. The second-order valence-electron chi connectivity index (χ2n) is 7.47. The highest BCUT2D eigenvalue weighted by Crippen LogP contribution is 2.44. The minimum atomic E-state index is -0.995. The lowest BCUT2D eigenvalue weighted by atomic mass is 9.81. The SMILES string of the molecule is CCCCCNC(=O)N1C[C@H]2CN(C(=O)C3CC3)C[C@@]2(C(=O)O)C1. The van der Waals surface area contributed by atoms with Crippen molar-refractivity contribution in [2.75, 3.05) is 32.7 Å². The van der Waals surface area contributed by atoms with Crippen LogP contribution in [0.5, 0.6) is 0 Å². The number of carbonyl (C=O) groups is 3. The molecule has 0 aromatic rings. The Bertz CT molecular complexity index is 534. The van der Waals surface area contributed by atoms with Gasteiger partial charge in [-0.1, -0.05) is 19.8 Å². The highest BCUT2D eigenvalue weighted by Gasteiger charge is 2.60. The number of nitrogens with zero attached hydrogens (tertiary/aromatic N) is 2. The number of nitrogens with one attached hydrogen (secondary N) is 1. The van der Waals surface area contributed by atoms with Crippen LogP contribution in [0.3, 0.4) is 0 Å². The number of carbonyl (C=O) groups excluding carboxylic acids is 2. The van der Waals surface area contributed by atoms with Crippen LogP contribution in [0.25, 0.3) is 0 Å². The first-order chi connectivity index (χ1) is 11.5. The van der Waals surface area contributed by atoms with E-state index in [0.717, 1.165) is 32.1 Å². The molecular weight excluding hydrogens is 310 g/mol. The lowest BCUT2D eigenvalue weighted by Gasteiger charge is -2.25. The second-order valence-corrected chi connectivity index (χ2v) is 7.47. The molecule has 3 rings (SSSR count).